The van der Waals surface area contributed by atoms with Gasteiger partial charge in [0.1, 0.15) is 12.2 Å². The van der Waals surface area contributed by atoms with Crippen LogP contribution in [0.15, 0.2) is 35.5 Å². The molecule has 0 spiro atoms. The molecule has 2 aliphatic rings. The summed E-state index contributed by atoms with van der Waals surface area (Å²) in [5, 5.41) is 4.14. The first-order valence-corrected chi connectivity index (χ1v) is 10.6. The second kappa shape index (κ2) is 6.88. The third kappa shape index (κ3) is 3.48. The Morgan fingerprint density at radius 2 is 1.76 bits per heavy atom. The van der Waals surface area contributed by atoms with E-state index in [9.17, 15) is 8.42 Å². The molecule has 1 atom stereocenters. The molecular formula is C18H24N4O2S. The smallest absolute Gasteiger partial charge is 0.241 e. The predicted octanol–water partition coefficient (Wildman–Crippen LogP) is 3.14. The van der Waals surface area contributed by atoms with Gasteiger partial charge in [0.2, 0.25) is 10.0 Å². The van der Waals surface area contributed by atoms with Crippen LogP contribution in [0.1, 0.15) is 68.3 Å². The second-order valence-corrected chi connectivity index (χ2v) is 8.78. The summed E-state index contributed by atoms with van der Waals surface area (Å²) < 4.78 is 30.1. The molecule has 1 N–H and O–H groups in total. The fourth-order valence-electron chi connectivity index (χ4n) is 4.01. The normalized spacial score (nSPS) is 21.8. The lowest BCUT2D eigenvalue weighted by Gasteiger charge is -2.24. The van der Waals surface area contributed by atoms with Gasteiger partial charge in [-0.05, 0) is 49.3 Å². The van der Waals surface area contributed by atoms with Crippen LogP contribution in [-0.4, -0.2) is 23.2 Å². The largest absolute Gasteiger partial charge is 0.248 e. The molecule has 0 unspecified atom stereocenters. The molecule has 7 heteroatoms. The van der Waals surface area contributed by atoms with Crippen molar-refractivity contribution in [1.82, 2.24) is 19.5 Å². The first-order valence-electron chi connectivity index (χ1n) is 9.13. The van der Waals surface area contributed by atoms with Crippen LogP contribution in [0, 0.1) is 0 Å². The zero-order valence-corrected chi connectivity index (χ0v) is 15.1. The molecule has 6 nitrogen and oxygen atoms in total. The van der Waals surface area contributed by atoms with E-state index in [1.165, 1.54) is 44.0 Å². The summed E-state index contributed by atoms with van der Waals surface area (Å²) in [5.41, 5.74) is 1.26. The highest BCUT2D eigenvalue weighted by molar-refractivity contribution is 7.89. The van der Waals surface area contributed by atoms with Gasteiger partial charge < -0.3 is 0 Å². The third-order valence-electron chi connectivity index (χ3n) is 5.38. The van der Waals surface area contributed by atoms with E-state index in [2.05, 4.69) is 14.8 Å². The number of benzene rings is 1. The molecule has 25 heavy (non-hydrogen) atoms. The van der Waals surface area contributed by atoms with Crippen molar-refractivity contribution in [2.24, 2.45) is 0 Å². The van der Waals surface area contributed by atoms with Crippen molar-refractivity contribution in [3.63, 3.8) is 0 Å². The molecule has 134 valence electrons. The Hall–Kier alpha value is -1.73. The first-order chi connectivity index (χ1) is 12.1. The van der Waals surface area contributed by atoms with Crippen LogP contribution in [0.25, 0.3) is 0 Å². The van der Waals surface area contributed by atoms with Gasteiger partial charge in [-0.15, -0.1) is 0 Å². The average molecular weight is 360 g/mol. The van der Waals surface area contributed by atoms with Gasteiger partial charge in [-0.2, -0.15) is 5.10 Å². The molecule has 0 saturated heterocycles. The van der Waals surface area contributed by atoms with E-state index in [-0.39, 0.29) is 6.04 Å². The van der Waals surface area contributed by atoms with Crippen molar-refractivity contribution in [3.8, 4) is 0 Å². The van der Waals surface area contributed by atoms with E-state index in [0.29, 0.717) is 16.6 Å². The van der Waals surface area contributed by atoms with Gasteiger partial charge in [-0.1, -0.05) is 31.4 Å². The van der Waals surface area contributed by atoms with E-state index in [0.717, 1.165) is 19.4 Å². The number of aryl methyl sites for hydroxylation is 1. The number of aromatic nitrogens is 3. The minimum atomic E-state index is -3.56. The van der Waals surface area contributed by atoms with Crippen molar-refractivity contribution in [1.29, 1.82) is 0 Å². The number of hydrogen-bond acceptors (Lipinski definition) is 4. The highest BCUT2D eigenvalue weighted by Gasteiger charge is 2.27. The van der Waals surface area contributed by atoms with Crippen LogP contribution in [0.5, 0.6) is 0 Å². The van der Waals surface area contributed by atoms with Crippen LogP contribution in [0.3, 0.4) is 0 Å². The van der Waals surface area contributed by atoms with E-state index < -0.39 is 10.0 Å². The Labute approximate surface area is 148 Å². The van der Waals surface area contributed by atoms with Gasteiger partial charge in [-0.3, -0.25) is 0 Å². The van der Waals surface area contributed by atoms with Gasteiger partial charge in [0.05, 0.1) is 10.9 Å². The zero-order valence-electron chi connectivity index (χ0n) is 14.3. The number of sulfonamides is 1. The number of nitrogens with zero attached hydrogens (tertiary/aromatic N) is 3. The van der Waals surface area contributed by atoms with Gasteiger partial charge in [0.15, 0.2) is 0 Å². The molecule has 0 radical (unpaired) electrons. The second-order valence-electron chi connectivity index (χ2n) is 7.06. The van der Waals surface area contributed by atoms with E-state index in [4.69, 9.17) is 0 Å². The van der Waals surface area contributed by atoms with E-state index in [1.807, 2.05) is 12.1 Å². The Morgan fingerprint density at radius 1 is 1.00 bits per heavy atom. The zero-order chi connectivity index (χ0) is 17.3. The Bertz CT molecular complexity index is 823. The lowest BCUT2D eigenvalue weighted by molar-refractivity contribution is 0.400. The highest BCUT2D eigenvalue weighted by Crippen LogP contribution is 2.33. The SMILES string of the molecule is O=S(=O)(N[C@H]1CCCn2ncnc21)c1ccc(C2CCCCC2)cc1. The summed E-state index contributed by atoms with van der Waals surface area (Å²) in [6, 6.07) is 7.13. The molecule has 1 aromatic carbocycles. The van der Waals surface area contributed by atoms with Crippen molar-refractivity contribution >= 4 is 10.0 Å². The number of nitrogens with one attached hydrogen (secondary N) is 1. The lowest BCUT2D eigenvalue weighted by Crippen LogP contribution is -2.33. The van der Waals surface area contributed by atoms with Gasteiger partial charge in [0, 0.05) is 6.54 Å². The molecule has 0 bridgehead atoms. The minimum Gasteiger partial charge on any atom is -0.248 e. The Kier molecular flexibility index (Phi) is 4.60. The first kappa shape index (κ1) is 16.7. The standard InChI is InChI=1S/C18H24N4O2S/c23-25(24,21-17-7-4-12-22-18(17)19-13-20-22)16-10-8-15(9-11-16)14-5-2-1-3-6-14/h8-11,13-14,17,21H,1-7,12H2/t17-/m0/s1. The van der Waals surface area contributed by atoms with Gasteiger partial charge in [-0.25, -0.2) is 22.8 Å². The Morgan fingerprint density at radius 3 is 2.52 bits per heavy atom. The van der Waals surface area contributed by atoms with Gasteiger partial charge >= 0.3 is 0 Å². The molecule has 1 saturated carbocycles. The molecule has 2 heterocycles. The number of rotatable bonds is 4. The van der Waals surface area contributed by atoms with Crippen molar-refractivity contribution in [2.45, 2.75) is 68.3 Å². The maximum Gasteiger partial charge on any atom is 0.241 e. The number of hydrogen-bond donors (Lipinski definition) is 1. The topological polar surface area (TPSA) is 76.9 Å². The highest BCUT2D eigenvalue weighted by atomic mass is 32.2. The summed E-state index contributed by atoms with van der Waals surface area (Å²) in [7, 11) is -3.56. The summed E-state index contributed by atoms with van der Waals surface area (Å²) in [6.45, 7) is 0.795. The molecular weight excluding hydrogens is 336 g/mol. The van der Waals surface area contributed by atoms with Crippen molar-refractivity contribution in [3.05, 3.63) is 42.0 Å². The molecule has 1 aromatic heterocycles. The average Bonchev–Trinajstić information content (AvgIpc) is 3.12. The van der Waals surface area contributed by atoms with Crippen LogP contribution < -0.4 is 4.72 Å². The van der Waals surface area contributed by atoms with E-state index >= 15 is 0 Å². The number of fused-ring (bicyclic) bond motifs is 1. The summed E-state index contributed by atoms with van der Waals surface area (Å²) in [6.07, 6.45) is 9.41. The van der Waals surface area contributed by atoms with Crippen molar-refractivity contribution in [2.75, 3.05) is 0 Å². The third-order valence-corrected chi connectivity index (χ3v) is 6.87. The van der Waals surface area contributed by atoms with E-state index in [1.54, 1.807) is 16.8 Å². The maximum absolute atomic E-state index is 12.8. The summed E-state index contributed by atoms with van der Waals surface area (Å²) in [4.78, 5) is 4.54. The van der Waals surface area contributed by atoms with Crippen LogP contribution in [0.2, 0.25) is 0 Å². The molecule has 2 aromatic rings. The van der Waals surface area contributed by atoms with Crippen molar-refractivity contribution < 1.29 is 8.42 Å². The van der Waals surface area contributed by atoms with Crippen LogP contribution >= 0.6 is 0 Å². The monoisotopic (exact) mass is 360 g/mol. The molecule has 4 rings (SSSR count). The molecule has 1 aliphatic heterocycles. The summed E-state index contributed by atoms with van der Waals surface area (Å²) in [5.74, 6) is 1.28. The van der Waals surface area contributed by atoms with Gasteiger partial charge in [0.25, 0.3) is 0 Å². The lowest BCUT2D eigenvalue weighted by atomic mass is 9.84. The molecule has 0 amide bonds. The molecule has 1 fully saturated rings. The maximum atomic E-state index is 12.8. The fourth-order valence-corrected chi connectivity index (χ4v) is 5.24. The fraction of sp³-hybridized carbons (Fsp3) is 0.556. The quantitative estimate of drug-likeness (QED) is 0.909. The molecule has 1 aliphatic carbocycles. The van der Waals surface area contributed by atoms with Crippen LogP contribution in [0.4, 0.5) is 0 Å². The Balaban J connectivity index is 1.51. The summed E-state index contributed by atoms with van der Waals surface area (Å²) >= 11 is 0. The minimum absolute atomic E-state index is 0.306. The van der Waals surface area contributed by atoms with Crippen LogP contribution in [-0.2, 0) is 16.6 Å². The predicted molar refractivity (Wildman–Crippen MR) is 94.6 cm³/mol.